The van der Waals surface area contributed by atoms with E-state index in [0.717, 1.165) is 38.9 Å². The van der Waals surface area contributed by atoms with Gasteiger partial charge in [-0.3, -0.25) is 4.79 Å². The smallest absolute Gasteiger partial charge is 0.315 e. The van der Waals surface area contributed by atoms with Crippen molar-refractivity contribution < 1.29 is 9.59 Å². The van der Waals surface area contributed by atoms with E-state index in [9.17, 15) is 9.59 Å². The summed E-state index contributed by atoms with van der Waals surface area (Å²) in [6.07, 6.45) is 4.31. The molecule has 2 N–H and O–H groups in total. The van der Waals surface area contributed by atoms with Crippen LogP contribution >= 0.6 is 0 Å². The molecule has 1 aromatic carbocycles. The summed E-state index contributed by atoms with van der Waals surface area (Å²) < 4.78 is 0. The maximum atomic E-state index is 12.4. The number of fused-ring (bicyclic) bond motifs is 1. The van der Waals surface area contributed by atoms with Crippen LogP contribution in [-0.4, -0.2) is 56.1 Å². The molecule has 0 unspecified atom stereocenters. The van der Waals surface area contributed by atoms with E-state index in [2.05, 4.69) is 34.7 Å². The third-order valence-electron chi connectivity index (χ3n) is 5.50. The molecule has 0 bridgehead atoms. The third kappa shape index (κ3) is 4.29. The monoisotopic (exact) mass is 358 g/mol. The number of nitrogens with zero attached hydrogens (tertiary/aromatic N) is 2. The SMILES string of the molecule is C[C@H](NC(=O)NC[C@@H]1CCN(C)c2ccccc21)C(=O)N1CCCCC1. The van der Waals surface area contributed by atoms with Crippen LogP contribution in [0.1, 0.15) is 44.1 Å². The van der Waals surface area contributed by atoms with E-state index in [0.29, 0.717) is 12.5 Å². The second-order valence-corrected chi connectivity index (χ2v) is 7.43. The molecule has 3 amide bonds. The molecule has 0 radical (unpaired) electrons. The molecule has 3 rings (SSSR count). The van der Waals surface area contributed by atoms with Gasteiger partial charge in [0.15, 0.2) is 0 Å². The fraction of sp³-hybridized carbons (Fsp3) is 0.600. The number of likely N-dealkylation sites (tertiary alicyclic amines) is 1. The molecule has 6 nitrogen and oxygen atoms in total. The Bertz CT molecular complexity index is 642. The number of benzene rings is 1. The van der Waals surface area contributed by atoms with Crippen LogP contribution in [0.25, 0.3) is 0 Å². The highest BCUT2D eigenvalue weighted by atomic mass is 16.2. The van der Waals surface area contributed by atoms with Gasteiger partial charge in [0, 0.05) is 44.8 Å². The quantitative estimate of drug-likeness (QED) is 0.868. The minimum Gasteiger partial charge on any atom is -0.374 e. The van der Waals surface area contributed by atoms with Crippen molar-refractivity contribution in [3.05, 3.63) is 29.8 Å². The van der Waals surface area contributed by atoms with Crippen molar-refractivity contribution in [3.63, 3.8) is 0 Å². The molecule has 1 saturated heterocycles. The first-order valence-electron chi connectivity index (χ1n) is 9.69. The van der Waals surface area contributed by atoms with Crippen LogP contribution in [0.2, 0.25) is 0 Å². The lowest BCUT2D eigenvalue weighted by Crippen LogP contribution is -2.51. The number of rotatable bonds is 4. The number of amides is 3. The lowest BCUT2D eigenvalue weighted by Gasteiger charge is -2.33. The first-order valence-corrected chi connectivity index (χ1v) is 9.69. The molecule has 1 fully saturated rings. The Morgan fingerprint density at radius 2 is 1.88 bits per heavy atom. The number of carbonyl (C=O) groups is 2. The normalized spacial score (nSPS) is 20.9. The largest absolute Gasteiger partial charge is 0.374 e. The Morgan fingerprint density at radius 3 is 2.65 bits per heavy atom. The van der Waals surface area contributed by atoms with Crippen molar-refractivity contribution in [2.24, 2.45) is 0 Å². The van der Waals surface area contributed by atoms with E-state index in [-0.39, 0.29) is 11.9 Å². The zero-order chi connectivity index (χ0) is 18.5. The summed E-state index contributed by atoms with van der Waals surface area (Å²) in [6.45, 7) is 4.94. The predicted octanol–water partition coefficient (Wildman–Crippen LogP) is 2.31. The van der Waals surface area contributed by atoms with E-state index in [1.54, 1.807) is 6.92 Å². The van der Waals surface area contributed by atoms with Crippen LogP contribution in [0.4, 0.5) is 10.5 Å². The van der Waals surface area contributed by atoms with Gasteiger partial charge in [-0.05, 0) is 44.2 Å². The van der Waals surface area contributed by atoms with Crippen molar-refractivity contribution in [1.29, 1.82) is 0 Å². The summed E-state index contributed by atoms with van der Waals surface area (Å²) in [4.78, 5) is 28.8. The van der Waals surface area contributed by atoms with Gasteiger partial charge in [-0.2, -0.15) is 0 Å². The van der Waals surface area contributed by atoms with E-state index >= 15 is 0 Å². The maximum absolute atomic E-state index is 12.4. The van der Waals surface area contributed by atoms with E-state index in [4.69, 9.17) is 0 Å². The molecule has 2 aliphatic rings. The maximum Gasteiger partial charge on any atom is 0.315 e. The lowest BCUT2D eigenvalue weighted by atomic mass is 9.90. The topological polar surface area (TPSA) is 64.7 Å². The van der Waals surface area contributed by atoms with E-state index in [1.165, 1.54) is 17.7 Å². The average molecular weight is 358 g/mol. The van der Waals surface area contributed by atoms with Gasteiger partial charge in [-0.25, -0.2) is 4.79 Å². The molecule has 1 aromatic rings. The average Bonchev–Trinajstić information content (AvgIpc) is 2.67. The lowest BCUT2D eigenvalue weighted by molar-refractivity contribution is -0.133. The summed E-state index contributed by atoms with van der Waals surface area (Å²) in [5.41, 5.74) is 2.51. The van der Waals surface area contributed by atoms with E-state index in [1.807, 2.05) is 17.0 Å². The number of hydrogen-bond acceptors (Lipinski definition) is 3. The molecule has 0 spiro atoms. The number of piperidine rings is 1. The number of urea groups is 1. The Kier molecular flexibility index (Phi) is 6.01. The van der Waals surface area contributed by atoms with Gasteiger partial charge in [0.05, 0.1) is 0 Å². The summed E-state index contributed by atoms with van der Waals surface area (Å²) >= 11 is 0. The Labute approximate surface area is 155 Å². The zero-order valence-corrected chi connectivity index (χ0v) is 15.8. The zero-order valence-electron chi connectivity index (χ0n) is 15.8. The molecule has 142 valence electrons. The molecule has 2 aliphatic heterocycles. The van der Waals surface area contributed by atoms with Crippen molar-refractivity contribution in [1.82, 2.24) is 15.5 Å². The minimum absolute atomic E-state index is 0.0180. The summed E-state index contributed by atoms with van der Waals surface area (Å²) in [5.74, 6) is 0.325. The number of anilines is 1. The molecule has 2 atom stereocenters. The van der Waals surface area contributed by atoms with Crippen LogP contribution in [0.15, 0.2) is 24.3 Å². The van der Waals surface area contributed by atoms with Crippen LogP contribution in [-0.2, 0) is 4.79 Å². The molecule has 26 heavy (non-hydrogen) atoms. The Balaban J connectivity index is 1.50. The summed E-state index contributed by atoms with van der Waals surface area (Å²) in [6, 6.07) is 7.60. The van der Waals surface area contributed by atoms with Crippen molar-refractivity contribution >= 4 is 17.6 Å². The minimum atomic E-state index is -0.488. The first kappa shape index (κ1) is 18.5. The summed E-state index contributed by atoms with van der Waals surface area (Å²) in [5, 5.41) is 5.76. The van der Waals surface area contributed by atoms with Crippen LogP contribution in [0.5, 0.6) is 0 Å². The molecule has 0 saturated carbocycles. The molecular weight excluding hydrogens is 328 g/mol. The number of hydrogen-bond donors (Lipinski definition) is 2. The molecular formula is C20H30N4O2. The third-order valence-corrected chi connectivity index (χ3v) is 5.50. The van der Waals surface area contributed by atoms with Crippen molar-refractivity contribution in [3.8, 4) is 0 Å². The summed E-state index contributed by atoms with van der Waals surface area (Å²) in [7, 11) is 2.10. The number of carbonyl (C=O) groups excluding carboxylic acids is 2. The van der Waals surface area contributed by atoms with Gasteiger partial charge in [0.2, 0.25) is 5.91 Å². The number of para-hydroxylation sites is 1. The number of nitrogens with one attached hydrogen (secondary N) is 2. The fourth-order valence-corrected chi connectivity index (χ4v) is 3.93. The highest BCUT2D eigenvalue weighted by Gasteiger charge is 2.25. The van der Waals surface area contributed by atoms with Crippen LogP contribution in [0, 0.1) is 0 Å². The van der Waals surface area contributed by atoms with Gasteiger partial charge in [-0.15, -0.1) is 0 Å². The molecule has 2 heterocycles. The second-order valence-electron chi connectivity index (χ2n) is 7.43. The molecule has 6 heteroatoms. The van der Waals surface area contributed by atoms with Gasteiger partial charge in [-0.1, -0.05) is 18.2 Å². The predicted molar refractivity (Wildman–Crippen MR) is 103 cm³/mol. The van der Waals surface area contributed by atoms with Crippen molar-refractivity contribution in [2.45, 2.75) is 44.6 Å². The standard InChI is InChI=1S/C20H30N4O2/c1-15(19(25)24-11-6-3-7-12-24)22-20(26)21-14-16-10-13-23(2)18-9-5-4-8-17(16)18/h4-5,8-9,15-16H,3,6-7,10-14H2,1-2H3,(H2,21,22,26)/t15-,16-/m0/s1. The van der Waals surface area contributed by atoms with Gasteiger partial charge >= 0.3 is 6.03 Å². The van der Waals surface area contributed by atoms with Gasteiger partial charge in [0.25, 0.3) is 0 Å². The highest BCUT2D eigenvalue weighted by molar-refractivity contribution is 5.86. The van der Waals surface area contributed by atoms with Gasteiger partial charge in [0.1, 0.15) is 6.04 Å². The molecule has 0 aliphatic carbocycles. The van der Waals surface area contributed by atoms with Gasteiger partial charge < -0.3 is 20.4 Å². The van der Waals surface area contributed by atoms with Crippen LogP contribution < -0.4 is 15.5 Å². The highest BCUT2D eigenvalue weighted by Crippen LogP contribution is 2.33. The second kappa shape index (κ2) is 8.43. The Morgan fingerprint density at radius 1 is 1.15 bits per heavy atom. The Hall–Kier alpha value is -2.24. The first-order chi connectivity index (χ1) is 12.6. The fourth-order valence-electron chi connectivity index (χ4n) is 3.93. The van der Waals surface area contributed by atoms with Crippen molar-refractivity contribution in [2.75, 3.05) is 38.1 Å². The van der Waals surface area contributed by atoms with E-state index < -0.39 is 6.04 Å². The van der Waals surface area contributed by atoms with Crippen LogP contribution in [0.3, 0.4) is 0 Å². The molecule has 0 aromatic heterocycles.